The summed E-state index contributed by atoms with van der Waals surface area (Å²) in [4.78, 5) is 41.1. The van der Waals surface area contributed by atoms with Gasteiger partial charge in [-0.05, 0) is 43.7 Å². The molecule has 6 heteroatoms. The first-order chi connectivity index (χ1) is 16.6. The molecule has 0 unspecified atom stereocenters. The Bertz CT molecular complexity index is 980. The van der Waals surface area contributed by atoms with Crippen molar-refractivity contribution in [3.8, 4) is 0 Å². The third-order valence-corrected chi connectivity index (χ3v) is 8.07. The summed E-state index contributed by atoms with van der Waals surface area (Å²) in [6.07, 6.45) is 7.62. The van der Waals surface area contributed by atoms with Crippen LogP contribution in [0.3, 0.4) is 0 Å². The van der Waals surface area contributed by atoms with Crippen LogP contribution in [0.25, 0.3) is 0 Å². The second kappa shape index (κ2) is 12.2. The standard InChI is InChI=1S/C28H34N2O3S/c31-26(29-19-21-9-3-1-4-10-21)20-34-25-14-8-7-13-24(25)28(33)30-17-15-23(16-18-30)27(32)22-11-5-2-6-12-22/h2,5-8,11-14,21,23H,1,3-4,9-10,15-20H2,(H,29,31). The molecule has 180 valence electrons. The van der Waals surface area contributed by atoms with Crippen molar-refractivity contribution in [1.29, 1.82) is 0 Å². The number of piperidine rings is 1. The number of likely N-dealkylation sites (tertiary alicyclic amines) is 1. The quantitative estimate of drug-likeness (QED) is 0.418. The summed E-state index contributed by atoms with van der Waals surface area (Å²) >= 11 is 1.42. The van der Waals surface area contributed by atoms with Gasteiger partial charge in [0.1, 0.15) is 0 Å². The van der Waals surface area contributed by atoms with Crippen LogP contribution in [0, 0.1) is 11.8 Å². The highest BCUT2D eigenvalue weighted by atomic mass is 32.2. The molecule has 4 rings (SSSR count). The van der Waals surface area contributed by atoms with E-state index in [9.17, 15) is 14.4 Å². The number of nitrogens with one attached hydrogen (secondary N) is 1. The van der Waals surface area contributed by atoms with Crippen LogP contribution in [0.2, 0.25) is 0 Å². The van der Waals surface area contributed by atoms with Crippen molar-refractivity contribution in [1.82, 2.24) is 10.2 Å². The van der Waals surface area contributed by atoms with Gasteiger partial charge < -0.3 is 10.2 Å². The van der Waals surface area contributed by atoms with Crippen molar-refractivity contribution in [2.45, 2.75) is 49.8 Å². The van der Waals surface area contributed by atoms with Crippen molar-refractivity contribution in [2.24, 2.45) is 11.8 Å². The molecule has 0 atom stereocenters. The first-order valence-corrected chi connectivity index (χ1v) is 13.5. The molecule has 5 nitrogen and oxygen atoms in total. The van der Waals surface area contributed by atoms with E-state index in [0.29, 0.717) is 43.2 Å². The molecule has 1 saturated carbocycles. The van der Waals surface area contributed by atoms with E-state index in [1.165, 1.54) is 43.9 Å². The molecule has 2 aromatic rings. The van der Waals surface area contributed by atoms with Gasteiger partial charge in [0.05, 0.1) is 11.3 Å². The molecular formula is C28H34N2O3S. The highest BCUT2D eigenvalue weighted by molar-refractivity contribution is 8.00. The Kier molecular flexibility index (Phi) is 8.80. The Morgan fingerprint density at radius 1 is 0.853 bits per heavy atom. The monoisotopic (exact) mass is 478 g/mol. The fraction of sp³-hybridized carbons (Fsp3) is 0.464. The van der Waals surface area contributed by atoms with Gasteiger partial charge in [-0.1, -0.05) is 61.7 Å². The molecule has 1 saturated heterocycles. The number of thioether (sulfide) groups is 1. The van der Waals surface area contributed by atoms with Crippen molar-refractivity contribution in [3.05, 3.63) is 65.7 Å². The van der Waals surface area contributed by atoms with Gasteiger partial charge in [-0.25, -0.2) is 0 Å². The third kappa shape index (κ3) is 6.50. The predicted octanol–water partition coefficient (Wildman–Crippen LogP) is 5.21. The number of hydrogen-bond acceptors (Lipinski definition) is 4. The number of carbonyl (C=O) groups excluding carboxylic acids is 3. The van der Waals surface area contributed by atoms with Crippen LogP contribution in [-0.4, -0.2) is 47.9 Å². The minimum Gasteiger partial charge on any atom is -0.355 e. The normalized spacial score (nSPS) is 17.4. The largest absolute Gasteiger partial charge is 0.355 e. The van der Waals surface area contributed by atoms with Gasteiger partial charge in [-0.3, -0.25) is 14.4 Å². The Labute approximate surface area is 206 Å². The molecule has 1 heterocycles. The molecule has 0 radical (unpaired) electrons. The molecule has 1 N–H and O–H groups in total. The first kappa shape index (κ1) is 24.5. The third-order valence-electron chi connectivity index (χ3n) is 7.00. The van der Waals surface area contributed by atoms with Gasteiger partial charge in [0.15, 0.2) is 5.78 Å². The van der Waals surface area contributed by atoms with Crippen molar-refractivity contribution < 1.29 is 14.4 Å². The minimum absolute atomic E-state index is 0.0173. The van der Waals surface area contributed by atoms with Gasteiger partial charge in [-0.2, -0.15) is 0 Å². The average molecular weight is 479 g/mol. The molecule has 1 aliphatic carbocycles. The van der Waals surface area contributed by atoms with Gasteiger partial charge in [0.25, 0.3) is 5.91 Å². The summed E-state index contributed by atoms with van der Waals surface area (Å²) in [6, 6.07) is 16.9. The van der Waals surface area contributed by atoms with Crippen LogP contribution < -0.4 is 5.32 Å². The number of rotatable bonds is 8. The van der Waals surface area contributed by atoms with Crippen LogP contribution >= 0.6 is 11.8 Å². The second-order valence-corrected chi connectivity index (χ2v) is 10.4. The van der Waals surface area contributed by atoms with Crippen molar-refractivity contribution in [2.75, 3.05) is 25.4 Å². The number of carbonyl (C=O) groups is 3. The summed E-state index contributed by atoms with van der Waals surface area (Å²) in [5.74, 6) is 1.06. The van der Waals surface area contributed by atoms with E-state index in [4.69, 9.17) is 0 Å². The van der Waals surface area contributed by atoms with Crippen LogP contribution in [-0.2, 0) is 4.79 Å². The summed E-state index contributed by atoms with van der Waals surface area (Å²) in [5, 5.41) is 3.08. The van der Waals surface area contributed by atoms with E-state index in [1.54, 1.807) is 0 Å². The molecule has 34 heavy (non-hydrogen) atoms. The molecule has 2 aliphatic rings. The molecule has 2 amide bonds. The molecule has 0 spiro atoms. The number of hydrogen-bond donors (Lipinski definition) is 1. The predicted molar refractivity (Wildman–Crippen MR) is 136 cm³/mol. The van der Waals surface area contributed by atoms with Gasteiger partial charge >= 0.3 is 0 Å². The van der Waals surface area contributed by atoms with Crippen LogP contribution in [0.5, 0.6) is 0 Å². The van der Waals surface area contributed by atoms with Gasteiger partial charge in [0.2, 0.25) is 5.91 Å². The SMILES string of the molecule is O=C(CSc1ccccc1C(=O)N1CCC(C(=O)c2ccccc2)CC1)NCC1CCCCC1. The summed E-state index contributed by atoms with van der Waals surface area (Å²) < 4.78 is 0. The van der Waals surface area contributed by atoms with Crippen molar-refractivity contribution >= 4 is 29.4 Å². The smallest absolute Gasteiger partial charge is 0.254 e. The Morgan fingerprint density at radius 2 is 1.53 bits per heavy atom. The Balaban J connectivity index is 1.28. The van der Waals surface area contributed by atoms with Crippen LogP contribution in [0.4, 0.5) is 0 Å². The van der Waals surface area contributed by atoms with Gasteiger partial charge in [0, 0.05) is 36.0 Å². The fourth-order valence-corrected chi connectivity index (χ4v) is 5.84. The lowest BCUT2D eigenvalue weighted by Gasteiger charge is -2.31. The summed E-state index contributed by atoms with van der Waals surface area (Å²) in [6.45, 7) is 1.91. The van der Waals surface area contributed by atoms with Gasteiger partial charge in [-0.15, -0.1) is 11.8 Å². The molecule has 1 aliphatic heterocycles. The van der Waals surface area contributed by atoms with E-state index < -0.39 is 0 Å². The highest BCUT2D eigenvalue weighted by Crippen LogP contribution is 2.27. The van der Waals surface area contributed by atoms with Crippen LogP contribution in [0.15, 0.2) is 59.5 Å². The second-order valence-electron chi connectivity index (χ2n) is 9.39. The van der Waals surface area contributed by atoms with Crippen LogP contribution in [0.1, 0.15) is 65.7 Å². The lowest BCUT2D eigenvalue weighted by molar-refractivity contribution is -0.118. The minimum atomic E-state index is -0.0380. The number of Topliss-reactive ketones (excluding diaryl/α,β-unsaturated/α-hetero) is 1. The maximum absolute atomic E-state index is 13.3. The summed E-state index contributed by atoms with van der Waals surface area (Å²) in [5.41, 5.74) is 1.39. The Morgan fingerprint density at radius 3 is 2.26 bits per heavy atom. The topological polar surface area (TPSA) is 66.5 Å². The molecule has 0 bridgehead atoms. The lowest BCUT2D eigenvalue weighted by atomic mass is 9.88. The zero-order valence-corrected chi connectivity index (χ0v) is 20.5. The molecule has 2 fully saturated rings. The average Bonchev–Trinajstić information content (AvgIpc) is 2.91. The van der Waals surface area contributed by atoms with Crippen molar-refractivity contribution in [3.63, 3.8) is 0 Å². The van der Waals surface area contributed by atoms with E-state index in [-0.39, 0.29) is 23.5 Å². The number of amides is 2. The molecule has 2 aromatic carbocycles. The van der Waals surface area contributed by atoms with E-state index in [1.807, 2.05) is 59.5 Å². The molecular weight excluding hydrogens is 444 g/mol. The maximum Gasteiger partial charge on any atom is 0.254 e. The zero-order chi connectivity index (χ0) is 23.8. The number of ketones is 1. The van der Waals surface area contributed by atoms with E-state index in [2.05, 4.69) is 5.32 Å². The Hall–Kier alpha value is -2.60. The fourth-order valence-electron chi connectivity index (χ4n) is 4.97. The lowest BCUT2D eigenvalue weighted by Crippen LogP contribution is -2.40. The molecule has 0 aromatic heterocycles. The first-order valence-electron chi connectivity index (χ1n) is 12.5. The highest BCUT2D eigenvalue weighted by Gasteiger charge is 2.29. The summed E-state index contributed by atoms with van der Waals surface area (Å²) in [7, 11) is 0. The maximum atomic E-state index is 13.3. The van der Waals surface area contributed by atoms with E-state index in [0.717, 1.165) is 17.0 Å². The zero-order valence-electron chi connectivity index (χ0n) is 19.7. The number of benzene rings is 2. The number of nitrogens with zero attached hydrogens (tertiary/aromatic N) is 1. The van der Waals surface area contributed by atoms with E-state index >= 15 is 0 Å².